The predicted molar refractivity (Wildman–Crippen MR) is 146 cm³/mol. The van der Waals surface area contributed by atoms with Crippen molar-refractivity contribution < 1.29 is 14.3 Å². The quantitative estimate of drug-likeness (QED) is 0.484. The molecule has 0 saturated carbocycles. The summed E-state index contributed by atoms with van der Waals surface area (Å²) >= 11 is 5.96. The van der Waals surface area contributed by atoms with Crippen LogP contribution < -0.4 is 9.64 Å². The average molecular weight is 521 g/mol. The molecule has 3 aromatic rings. The fourth-order valence-corrected chi connectivity index (χ4v) is 4.70. The fourth-order valence-electron chi connectivity index (χ4n) is 4.58. The molecular weight excluding hydrogens is 488 g/mol. The lowest BCUT2D eigenvalue weighted by molar-refractivity contribution is -0.134. The van der Waals surface area contributed by atoms with Crippen molar-refractivity contribution >= 4 is 29.1 Å². The molecule has 0 atom stereocenters. The number of carbonyl (C=O) groups is 2. The van der Waals surface area contributed by atoms with E-state index in [4.69, 9.17) is 16.3 Å². The Balaban J connectivity index is 1.54. The monoisotopic (exact) mass is 520 g/mol. The molecule has 37 heavy (non-hydrogen) atoms. The van der Waals surface area contributed by atoms with Gasteiger partial charge >= 0.3 is 0 Å². The van der Waals surface area contributed by atoms with Crippen molar-refractivity contribution in [1.29, 1.82) is 0 Å². The van der Waals surface area contributed by atoms with Gasteiger partial charge in [0.05, 0.1) is 0 Å². The van der Waals surface area contributed by atoms with E-state index in [2.05, 4.69) is 16.0 Å². The van der Waals surface area contributed by atoms with Crippen molar-refractivity contribution in [1.82, 2.24) is 14.8 Å². The molecule has 1 aromatic heterocycles. The Bertz CT molecular complexity index is 1170. The molecule has 0 saturated heterocycles. The van der Waals surface area contributed by atoms with Crippen molar-refractivity contribution in [2.75, 3.05) is 37.7 Å². The van der Waals surface area contributed by atoms with Gasteiger partial charge in [0.1, 0.15) is 5.75 Å². The summed E-state index contributed by atoms with van der Waals surface area (Å²) < 4.78 is 5.76. The van der Waals surface area contributed by atoms with Gasteiger partial charge in [-0.2, -0.15) is 0 Å². The predicted octanol–water partition coefficient (Wildman–Crippen LogP) is 4.79. The summed E-state index contributed by atoms with van der Waals surface area (Å²) in [5.74, 6) is 0.486. The van der Waals surface area contributed by atoms with Crippen LogP contribution in [0.5, 0.6) is 5.75 Å². The van der Waals surface area contributed by atoms with Gasteiger partial charge in [0.15, 0.2) is 6.61 Å². The van der Waals surface area contributed by atoms with Gasteiger partial charge in [-0.15, -0.1) is 0 Å². The van der Waals surface area contributed by atoms with E-state index in [1.165, 1.54) is 0 Å². The van der Waals surface area contributed by atoms with E-state index in [-0.39, 0.29) is 18.4 Å². The van der Waals surface area contributed by atoms with E-state index in [1.807, 2.05) is 46.3 Å². The summed E-state index contributed by atoms with van der Waals surface area (Å²) in [6.07, 6.45) is 5.34. The third kappa shape index (κ3) is 7.78. The Hall–Kier alpha value is -3.42. The highest BCUT2D eigenvalue weighted by molar-refractivity contribution is 6.30. The van der Waals surface area contributed by atoms with Gasteiger partial charge in [-0.3, -0.25) is 19.5 Å². The van der Waals surface area contributed by atoms with Gasteiger partial charge in [0.25, 0.3) is 5.91 Å². The van der Waals surface area contributed by atoms with E-state index in [0.29, 0.717) is 30.4 Å². The van der Waals surface area contributed by atoms with Crippen LogP contribution in [0.4, 0.5) is 5.69 Å². The minimum atomic E-state index is -0.102. The SMILES string of the molecule is CC(=O)N1CCCN(Cc2cccnc2)CCCN(C(=O)COc2ccc(Cl)cc2)Cc2ccccc21. The van der Waals surface area contributed by atoms with Crippen molar-refractivity contribution in [2.45, 2.75) is 32.9 Å². The Morgan fingerprint density at radius 1 is 0.946 bits per heavy atom. The summed E-state index contributed by atoms with van der Waals surface area (Å²) in [6, 6.07) is 18.8. The number of aromatic nitrogens is 1. The summed E-state index contributed by atoms with van der Waals surface area (Å²) in [5.41, 5.74) is 2.95. The molecule has 2 amide bonds. The van der Waals surface area contributed by atoms with Crippen LogP contribution in [-0.2, 0) is 22.7 Å². The summed E-state index contributed by atoms with van der Waals surface area (Å²) in [7, 11) is 0. The molecular formula is C29H33ClN4O3. The minimum Gasteiger partial charge on any atom is -0.484 e. The maximum atomic E-state index is 13.3. The zero-order valence-corrected chi connectivity index (χ0v) is 21.9. The molecule has 0 radical (unpaired) electrons. The van der Waals surface area contributed by atoms with E-state index >= 15 is 0 Å². The van der Waals surface area contributed by atoms with Crippen LogP contribution in [0.25, 0.3) is 0 Å². The topological polar surface area (TPSA) is 66.0 Å². The maximum absolute atomic E-state index is 13.3. The highest BCUT2D eigenvalue weighted by Crippen LogP contribution is 2.24. The van der Waals surface area contributed by atoms with E-state index in [9.17, 15) is 9.59 Å². The Kier molecular flexibility index (Phi) is 9.52. The number of nitrogens with zero attached hydrogens (tertiary/aromatic N) is 4. The summed E-state index contributed by atoms with van der Waals surface area (Å²) in [4.78, 5) is 36.2. The lowest BCUT2D eigenvalue weighted by atomic mass is 10.1. The van der Waals surface area contributed by atoms with Crippen LogP contribution in [0.15, 0.2) is 73.1 Å². The molecule has 7 nitrogen and oxygen atoms in total. The lowest BCUT2D eigenvalue weighted by Crippen LogP contribution is -2.39. The van der Waals surface area contributed by atoms with Crippen LogP contribution in [0.2, 0.25) is 5.02 Å². The van der Waals surface area contributed by atoms with Crippen molar-refractivity contribution in [2.24, 2.45) is 0 Å². The number of ether oxygens (including phenoxy) is 1. The second-order valence-electron chi connectivity index (χ2n) is 9.20. The average Bonchev–Trinajstić information content (AvgIpc) is 2.90. The highest BCUT2D eigenvalue weighted by Gasteiger charge is 2.22. The zero-order chi connectivity index (χ0) is 26.0. The number of para-hydroxylation sites is 1. The smallest absolute Gasteiger partial charge is 0.260 e. The largest absolute Gasteiger partial charge is 0.484 e. The fraction of sp³-hybridized carbons (Fsp3) is 0.345. The molecule has 0 N–H and O–H groups in total. The lowest BCUT2D eigenvalue weighted by Gasteiger charge is -2.31. The molecule has 4 rings (SSSR count). The molecule has 1 aliphatic rings. The summed E-state index contributed by atoms with van der Waals surface area (Å²) in [5, 5.41) is 0.615. The van der Waals surface area contributed by atoms with Gasteiger partial charge in [0, 0.05) is 69.3 Å². The van der Waals surface area contributed by atoms with E-state index < -0.39 is 0 Å². The molecule has 0 spiro atoms. The molecule has 0 aliphatic carbocycles. The first kappa shape index (κ1) is 26.6. The standard InChI is InChI=1S/C29H33ClN4O3/c1-23(35)34-18-6-16-32(20-24-7-4-14-31-19-24)15-5-17-33(21-25-8-2-3-9-28(25)34)29(36)22-37-27-12-10-26(30)11-13-27/h2-4,7-14,19H,5-6,15-18,20-22H2,1H3. The number of rotatable bonds is 5. The second-order valence-corrected chi connectivity index (χ2v) is 9.64. The molecule has 0 unspecified atom stereocenters. The number of hydrogen-bond acceptors (Lipinski definition) is 5. The molecule has 194 valence electrons. The first-order chi connectivity index (χ1) is 18.0. The molecule has 1 aliphatic heterocycles. The second kappa shape index (κ2) is 13.2. The van der Waals surface area contributed by atoms with E-state index in [1.54, 1.807) is 37.4 Å². The van der Waals surface area contributed by atoms with Gasteiger partial charge in [0.2, 0.25) is 5.91 Å². The zero-order valence-electron chi connectivity index (χ0n) is 21.2. The van der Waals surface area contributed by atoms with Crippen LogP contribution in [-0.4, -0.2) is 59.4 Å². The number of halogens is 1. The van der Waals surface area contributed by atoms with Crippen molar-refractivity contribution in [3.63, 3.8) is 0 Å². The van der Waals surface area contributed by atoms with Gasteiger partial charge in [-0.05, 0) is 60.4 Å². The van der Waals surface area contributed by atoms with Crippen LogP contribution in [0, 0.1) is 0 Å². The highest BCUT2D eigenvalue weighted by atomic mass is 35.5. The maximum Gasteiger partial charge on any atom is 0.260 e. The van der Waals surface area contributed by atoms with Crippen molar-refractivity contribution in [3.8, 4) is 5.75 Å². The van der Waals surface area contributed by atoms with Gasteiger partial charge in [-0.25, -0.2) is 0 Å². The molecule has 0 bridgehead atoms. The molecule has 2 heterocycles. The Morgan fingerprint density at radius 3 is 2.43 bits per heavy atom. The normalized spacial score (nSPS) is 15.3. The van der Waals surface area contributed by atoms with Gasteiger partial charge < -0.3 is 14.5 Å². The third-order valence-corrected chi connectivity index (χ3v) is 6.69. The number of benzene rings is 2. The van der Waals surface area contributed by atoms with E-state index in [0.717, 1.165) is 49.3 Å². The first-order valence-corrected chi connectivity index (χ1v) is 13.0. The molecule has 0 fully saturated rings. The number of carbonyl (C=O) groups excluding carboxylic acids is 2. The van der Waals surface area contributed by atoms with Gasteiger partial charge in [-0.1, -0.05) is 35.9 Å². The third-order valence-electron chi connectivity index (χ3n) is 6.44. The minimum absolute atomic E-state index is 0.00716. The first-order valence-electron chi connectivity index (χ1n) is 12.6. The number of hydrogen-bond donors (Lipinski definition) is 0. The Labute approximate surface area is 223 Å². The van der Waals surface area contributed by atoms with Crippen molar-refractivity contribution in [3.05, 3.63) is 89.2 Å². The molecule has 8 heteroatoms. The summed E-state index contributed by atoms with van der Waals surface area (Å²) in [6.45, 7) is 5.58. The number of amides is 2. The number of fused-ring (bicyclic) bond motifs is 1. The van der Waals surface area contributed by atoms with Crippen LogP contribution in [0.1, 0.15) is 30.9 Å². The number of pyridine rings is 1. The Morgan fingerprint density at radius 2 is 1.70 bits per heavy atom. The number of anilines is 1. The molecule has 2 aromatic carbocycles. The van der Waals surface area contributed by atoms with Crippen LogP contribution in [0.3, 0.4) is 0 Å². The van der Waals surface area contributed by atoms with Crippen LogP contribution >= 0.6 is 11.6 Å².